The van der Waals surface area contributed by atoms with E-state index in [9.17, 15) is 17.6 Å². The van der Waals surface area contributed by atoms with Gasteiger partial charge in [-0.25, -0.2) is 23.1 Å². The van der Waals surface area contributed by atoms with Gasteiger partial charge in [0.1, 0.15) is 5.69 Å². The van der Waals surface area contributed by atoms with Gasteiger partial charge in [0.25, 0.3) is 10.0 Å². The van der Waals surface area contributed by atoms with Crippen LogP contribution in [0.5, 0.6) is 0 Å². The van der Waals surface area contributed by atoms with Crippen molar-refractivity contribution in [2.45, 2.75) is 18.4 Å². The maximum Gasteiger partial charge on any atom is 0.404 e. The molecule has 0 aromatic carbocycles. The molecule has 0 saturated carbocycles. The van der Waals surface area contributed by atoms with Crippen molar-refractivity contribution in [3.63, 3.8) is 0 Å². The Balaban J connectivity index is 2.21. The molecule has 152 valence electrons. The van der Waals surface area contributed by atoms with Crippen LogP contribution < -0.4 is 5.32 Å². The van der Waals surface area contributed by atoms with Gasteiger partial charge in [-0.1, -0.05) is 6.07 Å². The summed E-state index contributed by atoms with van der Waals surface area (Å²) < 4.78 is 56.4. The van der Waals surface area contributed by atoms with Gasteiger partial charge in [-0.3, -0.25) is 0 Å². The third kappa shape index (κ3) is 3.94. The van der Waals surface area contributed by atoms with Gasteiger partial charge in [0.15, 0.2) is 10.8 Å². The minimum atomic E-state index is -4.37. The second kappa shape index (κ2) is 7.95. The molecular formula is C18H16F2N4O4S. The zero-order chi connectivity index (χ0) is 21.2. The molecule has 11 heteroatoms. The van der Waals surface area contributed by atoms with Crippen LogP contribution in [0.2, 0.25) is 0 Å². The Hall–Kier alpha value is -3.34. The van der Waals surface area contributed by atoms with Crippen LogP contribution in [-0.2, 0) is 16.4 Å². The molecule has 0 aliphatic rings. The molecule has 0 radical (unpaired) electrons. The predicted molar refractivity (Wildman–Crippen MR) is 98.9 cm³/mol. The summed E-state index contributed by atoms with van der Waals surface area (Å²) in [7, 11) is -4.37. The fourth-order valence-corrected chi connectivity index (χ4v) is 4.35. The molecule has 0 aliphatic carbocycles. The fraction of sp³-hybridized carbons (Fsp3) is 0.167. The van der Waals surface area contributed by atoms with Crippen LogP contribution in [0.4, 0.5) is 13.6 Å². The number of hydrogen-bond donors (Lipinski definition) is 2. The minimum absolute atomic E-state index is 0.103. The molecule has 0 spiro atoms. The monoisotopic (exact) mass is 422 g/mol. The van der Waals surface area contributed by atoms with E-state index in [1.807, 2.05) is 0 Å². The molecule has 0 atom stereocenters. The van der Waals surface area contributed by atoms with Crippen LogP contribution in [-0.4, -0.2) is 40.1 Å². The standard InChI is InChI=1S/C18H16F2N4O4S/c1-11-4-2-8-22-17(11)29(27,28)24-10-12(6-9-23-18(25)26)14(19)15(24)13-5-3-7-21-16(13)20/h2-5,7-8,10,23H,6,9H2,1H3,(H,25,26). The maximum absolute atomic E-state index is 15.2. The Morgan fingerprint density at radius 2 is 1.90 bits per heavy atom. The Kier molecular flexibility index (Phi) is 5.59. The van der Waals surface area contributed by atoms with Gasteiger partial charge in [0, 0.05) is 30.7 Å². The topological polar surface area (TPSA) is 114 Å². The summed E-state index contributed by atoms with van der Waals surface area (Å²) >= 11 is 0. The normalized spacial score (nSPS) is 11.4. The third-order valence-corrected chi connectivity index (χ3v) is 5.85. The molecule has 29 heavy (non-hydrogen) atoms. The molecule has 3 aromatic rings. The van der Waals surface area contributed by atoms with Crippen molar-refractivity contribution in [2.75, 3.05) is 6.54 Å². The second-order valence-electron chi connectivity index (χ2n) is 6.07. The lowest BCUT2D eigenvalue weighted by molar-refractivity contribution is 0.194. The zero-order valence-electron chi connectivity index (χ0n) is 15.1. The second-order valence-corrected chi connectivity index (χ2v) is 7.80. The summed E-state index contributed by atoms with van der Waals surface area (Å²) in [6.07, 6.45) is 1.99. The SMILES string of the molecule is Cc1cccnc1S(=O)(=O)n1cc(CCNC(=O)O)c(F)c1-c1cccnc1F. The molecule has 0 fully saturated rings. The van der Waals surface area contributed by atoms with E-state index in [1.165, 1.54) is 31.3 Å². The van der Waals surface area contributed by atoms with Crippen molar-refractivity contribution in [2.24, 2.45) is 0 Å². The van der Waals surface area contributed by atoms with Crippen molar-refractivity contribution in [1.82, 2.24) is 19.3 Å². The van der Waals surface area contributed by atoms with Crippen LogP contribution in [0.3, 0.4) is 0 Å². The molecule has 0 saturated heterocycles. The maximum atomic E-state index is 15.2. The molecule has 3 rings (SSSR count). The van der Waals surface area contributed by atoms with Crippen LogP contribution in [0.15, 0.2) is 47.9 Å². The summed E-state index contributed by atoms with van der Waals surface area (Å²) in [6, 6.07) is 5.63. The number of carbonyl (C=O) groups is 1. The van der Waals surface area contributed by atoms with E-state index in [1.54, 1.807) is 6.07 Å². The summed E-state index contributed by atoms with van der Waals surface area (Å²) in [5.74, 6) is -2.03. The lowest BCUT2D eigenvalue weighted by atomic mass is 10.1. The Labute approximate surface area is 164 Å². The number of amides is 1. The lowest BCUT2D eigenvalue weighted by Gasteiger charge is -2.11. The van der Waals surface area contributed by atoms with Crippen molar-refractivity contribution >= 4 is 16.1 Å². The number of aromatic nitrogens is 3. The highest BCUT2D eigenvalue weighted by atomic mass is 32.2. The van der Waals surface area contributed by atoms with Crippen LogP contribution in [0.25, 0.3) is 11.3 Å². The quantitative estimate of drug-likeness (QED) is 0.590. The summed E-state index contributed by atoms with van der Waals surface area (Å²) in [5.41, 5.74) is -0.659. The molecule has 0 aliphatic heterocycles. The number of rotatable bonds is 6. The average Bonchev–Trinajstić information content (AvgIpc) is 2.99. The predicted octanol–water partition coefficient (Wildman–Crippen LogP) is 2.58. The summed E-state index contributed by atoms with van der Waals surface area (Å²) in [6.45, 7) is 1.37. The summed E-state index contributed by atoms with van der Waals surface area (Å²) in [5, 5.41) is 10.4. The van der Waals surface area contributed by atoms with Gasteiger partial charge >= 0.3 is 6.09 Å². The van der Waals surface area contributed by atoms with Gasteiger partial charge in [-0.05, 0) is 37.1 Å². The van der Waals surface area contributed by atoms with Crippen molar-refractivity contribution < 1.29 is 27.1 Å². The number of nitrogens with one attached hydrogen (secondary N) is 1. The first-order valence-corrected chi connectivity index (χ1v) is 9.82. The average molecular weight is 422 g/mol. The number of nitrogens with zero attached hydrogens (tertiary/aromatic N) is 3. The van der Waals surface area contributed by atoms with E-state index >= 15 is 4.39 Å². The van der Waals surface area contributed by atoms with E-state index in [-0.39, 0.29) is 29.1 Å². The number of halogens is 2. The number of aryl methyl sites for hydroxylation is 1. The molecule has 3 heterocycles. The van der Waals surface area contributed by atoms with E-state index in [2.05, 4.69) is 15.3 Å². The van der Waals surface area contributed by atoms with Gasteiger partial charge in [-0.15, -0.1) is 0 Å². The Bertz CT molecular complexity index is 1180. The molecule has 8 nitrogen and oxygen atoms in total. The highest BCUT2D eigenvalue weighted by molar-refractivity contribution is 7.90. The van der Waals surface area contributed by atoms with Gasteiger partial charge < -0.3 is 10.4 Å². The van der Waals surface area contributed by atoms with Crippen molar-refractivity contribution in [3.05, 3.63) is 65.7 Å². The van der Waals surface area contributed by atoms with E-state index in [4.69, 9.17) is 5.11 Å². The molecular weight excluding hydrogens is 406 g/mol. The first kappa shape index (κ1) is 20.4. The first-order chi connectivity index (χ1) is 13.7. The number of hydrogen-bond acceptors (Lipinski definition) is 5. The van der Waals surface area contributed by atoms with Crippen molar-refractivity contribution in [3.8, 4) is 11.3 Å². The molecule has 0 bridgehead atoms. The first-order valence-electron chi connectivity index (χ1n) is 8.38. The Morgan fingerprint density at radius 1 is 1.21 bits per heavy atom. The minimum Gasteiger partial charge on any atom is -0.465 e. The molecule has 1 amide bonds. The smallest absolute Gasteiger partial charge is 0.404 e. The van der Waals surface area contributed by atoms with Gasteiger partial charge in [-0.2, -0.15) is 12.8 Å². The van der Waals surface area contributed by atoms with Crippen LogP contribution in [0, 0.1) is 18.7 Å². The fourth-order valence-electron chi connectivity index (χ4n) is 2.81. The summed E-state index contributed by atoms with van der Waals surface area (Å²) in [4.78, 5) is 18.0. The lowest BCUT2D eigenvalue weighted by Crippen LogP contribution is -2.23. The molecule has 0 unspecified atom stereocenters. The van der Waals surface area contributed by atoms with E-state index in [0.717, 1.165) is 12.4 Å². The molecule has 3 aromatic heterocycles. The van der Waals surface area contributed by atoms with Crippen LogP contribution in [0.1, 0.15) is 11.1 Å². The van der Waals surface area contributed by atoms with Crippen molar-refractivity contribution in [1.29, 1.82) is 0 Å². The van der Waals surface area contributed by atoms with E-state index < -0.39 is 33.6 Å². The number of carboxylic acid groups (broad SMARTS) is 1. The Morgan fingerprint density at radius 3 is 2.55 bits per heavy atom. The largest absolute Gasteiger partial charge is 0.465 e. The van der Waals surface area contributed by atoms with E-state index in [0.29, 0.717) is 9.54 Å². The molecule has 2 N–H and O–H groups in total. The highest BCUT2D eigenvalue weighted by Crippen LogP contribution is 2.32. The van der Waals surface area contributed by atoms with Gasteiger partial charge in [0.2, 0.25) is 5.95 Å². The van der Waals surface area contributed by atoms with Gasteiger partial charge in [0.05, 0.1) is 5.56 Å². The zero-order valence-corrected chi connectivity index (χ0v) is 15.9. The third-order valence-electron chi connectivity index (χ3n) is 4.13. The number of pyridine rings is 2. The highest BCUT2D eigenvalue weighted by Gasteiger charge is 2.30. The van der Waals surface area contributed by atoms with Crippen LogP contribution >= 0.6 is 0 Å².